The number of hydrogen-bond acceptors (Lipinski definition) is 6. The molecular formula is C23H21F2N5OS. The summed E-state index contributed by atoms with van der Waals surface area (Å²) in [5.41, 5.74) is 4.35. The van der Waals surface area contributed by atoms with Crippen LogP contribution in [-0.4, -0.2) is 35.4 Å². The molecule has 0 aliphatic carbocycles. The largest absolute Gasteiger partial charge is 0.383 e. The van der Waals surface area contributed by atoms with Crippen molar-refractivity contribution in [2.75, 3.05) is 30.3 Å². The Morgan fingerprint density at radius 2 is 1.97 bits per heavy atom. The first-order valence-electron chi connectivity index (χ1n) is 9.85. The van der Waals surface area contributed by atoms with Gasteiger partial charge in [0.1, 0.15) is 17.5 Å². The quantitative estimate of drug-likeness (QED) is 0.226. The number of aromatic amines is 1. The Balaban J connectivity index is 1.54. The zero-order valence-electron chi connectivity index (χ0n) is 17.2. The molecule has 4 aromatic rings. The van der Waals surface area contributed by atoms with Crippen LogP contribution in [0.5, 0.6) is 0 Å². The van der Waals surface area contributed by atoms with Gasteiger partial charge in [-0.25, -0.2) is 13.8 Å². The van der Waals surface area contributed by atoms with E-state index in [-0.39, 0.29) is 4.90 Å². The summed E-state index contributed by atoms with van der Waals surface area (Å²) < 4.78 is 35.4. The lowest BCUT2D eigenvalue weighted by Crippen LogP contribution is -2.08. The van der Waals surface area contributed by atoms with Crippen LogP contribution >= 0.6 is 11.9 Å². The molecule has 0 amide bonds. The van der Waals surface area contributed by atoms with E-state index in [0.717, 1.165) is 64.0 Å². The minimum atomic E-state index is -0.486. The second kappa shape index (κ2) is 10.3. The van der Waals surface area contributed by atoms with Crippen LogP contribution in [0.1, 0.15) is 0 Å². The molecule has 2 aromatic heterocycles. The second-order valence-corrected chi connectivity index (χ2v) is 7.72. The summed E-state index contributed by atoms with van der Waals surface area (Å²) >= 11 is 1.01. The molecule has 0 unspecified atom stereocenters. The van der Waals surface area contributed by atoms with Crippen molar-refractivity contribution in [3.05, 3.63) is 78.6 Å². The Kier molecular flexibility index (Phi) is 6.98. The molecule has 0 aliphatic heterocycles. The van der Waals surface area contributed by atoms with E-state index in [1.165, 1.54) is 0 Å². The number of methoxy groups -OCH3 is 1. The number of rotatable bonds is 9. The summed E-state index contributed by atoms with van der Waals surface area (Å²) in [5.74, 6) is -0.223. The third-order valence-electron chi connectivity index (χ3n) is 4.65. The SMILES string of the molecule is COCCNc1cc(-c2cn[nH]c2-c2cccc(NSc3cc(F)ccc3F)c2)ccn1. The average molecular weight is 454 g/mol. The number of nitrogens with zero attached hydrogens (tertiary/aromatic N) is 2. The van der Waals surface area contributed by atoms with Gasteiger partial charge in [0.2, 0.25) is 0 Å². The van der Waals surface area contributed by atoms with E-state index in [1.54, 1.807) is 19.5 Å². The Labute approximate surface area is 188 Å². The minimum absolute atomic E-state index is 0.183. The van der Waals surface area contributed by atoms with Crippen LogP contribution in [0, 0.1) is 11.6 Å². The number of H-pyrrole nitrogens is 1. The Morgan fingerprint density at radius 3 is 2.84 bits per heavy atom. The van der Waals surface area contributed by atoms with Crippen LogP contribution in [0.3, 0.4) is 0 Å². The number of nitrogens with one attached hydrogen (secondary N) is 3. The van der Waals surface area contributed by atoms with Crippen molar-refractivity contribution in [3.63, 3.8) is 0 Å². The van der Waals surface area contributed by atoms with Gasteiger partial charge in [0.05, 0.1) is 23.4 Å². The van der Waals surface area contributed by atoms with Crippen molar-refractivity contribution in [2.24, 2.45) is 0 Å². The predicted molar refractivity (Wildman–Crippen MR) is 123 cm³/mol. The highest BCUT2D eigenvalue weighted by atomic mass is 32.2. The molecule has 32 heavy (non-hydrogen) atoms. The van der Waals surface area contributed by atoms with E-state index < -0.39 is 11.6 Å². The molecule has 0 fully saturated rings. The van der Waals surface area contributed by atoms with Gasteiger partial charge in [0.25, 0.3) is 0 Å². The third-order valence-corrected chi connectivity index (χ3v) is 5.52. The molecule has 0 saturated carbocycles. The van der Waals surface area contributed by atoms with Crippen molar-refractivity contribution in [3.8, 4) is 22.4 Å². The van der Waals surface area contributed by atoms with E-state index in [2.05, 4.69) is 25.2 Å². The highest BCUT2D eigenvalue weighted by Gasteiger charge is 2.12. The van der Waals surface area contributed by atoms with E-state index in [4.69, 9.17) is 4.74 Å². The minimum Gasteiger partial charge on any atom is -0.383 e. The normalized spacial score (nSPS) is 10.8. The number of halogens is 2. The molecule has 0 saturated heterocycles. The van der Waals surface area contributed by atoms with E-state index in [0.29, 0.717) is 13.2 Å². The van der Waals surface area contributed by atoms with Crippen LogP contribution in [-0.2, 0) is 4.74 Å². The molecule has 0 radical (unpaired) electrons. The van der Waals surface area contributed by atoms with Gasteiger partial charge in [0.15, 0.2) is 0 Å². The molecule has 0 bridgehead atoms. The first-order chi connectivity index (χ1) is 15.6. The third kappa shape index (κ3) is 5.24. The highest BCUT2D eigenvalue weighted by Crippen LogP contribution is 2.33. The Hall–Kier alpha value is -3.43. The van der Waals surface area contributed by atoms with Crippen LogP contribution in [0.25, 0.3) is 22.4 Å². The van der Waals surface area contributed by atoms with Crippen molar-refractivity contribution in [1.29, 1.82) is 0 Å². The van der Waals surface area contributed by atoms with Crippen LogP contribution in [0.2, 0.25) is 0 Å². The number of anilines is 2. The Morgan fingerprint density at radius 1 is 1.06 bits per heavy atom. The van der Waals surface area contributed by atoms with Crippen LogP contribution in [0.15, 0.2) is 71.9 Å². The molecule has 0 aliphatic rings. The standard InChI is InChI=1S/C23H21F2N5OS/c1-31-10-9-27-22-12-15(7-8-26-22)19-14-28-29-23(19)16-3-2-4-18(11-16)30-32-21-13-17(24)5-6-20(21)25/h2-8,11-14,30H,9-10H2,1H3,(H,26,27)(H,28,29). The number of ether oxygens (including phenoxy) is 1. The summed E-state index contributed by atoms with van der Waals surface area (Å²) in [7, 11) is 1.65. The lowest BCUT2D eigenvalue weighted by Gasteiger charge is -2.10. The Bertz CT molecular complexity index is 1200. The van der Waals surface area contributed by atoms with E-state index >= 15 is 0 Å². The molecule has 4 rings (SSSR count). The van der Waals surface area contributed by atoms with Gasteiger partial charge in [-0.1, -0.05) is 12.1 Å². The molecule has 6 nitrogen and oxygen atoms in total. The first kappa shape index (κ1) is 21.8. The fourth-order valence-corrected chi connectivity index (χ4v) is 3.80. The highest BCUT2D eigenvalue weighted by molar-refractivity contribution is 8.00. The topological polar surface area (TPSA) is 74.9 Å². The van der Waals surface area contributed by atoms with E-state index in [1.807, 2.05) is 36.4 Å². The van der Waals surface area contributed by atoms with Gasteiger partial charge < -0.3 is 14.8 Å². The maximum atomic E-state index is 13.9. The monoisotopic (exact) mass is 453 g/mol. The van der Waals surface area contributed by atoms with Gasteiger partial charge in [-0.15, -0.1) is 0 Å². The smallest absolute Gasteiger partial charge is 0.138 e. The summed E-state index contributed by atoms with van der Waals surface area (Å²) in [4.78, 5) is 4.52. The van der Waals surface area contributed by atoms with E-state index in [9.17, 15) is 8.78 Å². The molecule has 3 N–H and O–H groups in total. The van der Waals surface area contributed by atoms with Gasteiger partial charge >= 0.3 is 0 Å². The fourth-order valence-electron chi connectivity index (χ4n) is 3.11. The maximum Gasteiger partial charge on any atom is 0.138 e. The number of hydrogen-bond donors (Lipinski definition) is 3. The van der Waals surface area contributed by atoms with Crippen molar-refractivity contribution in [2.45, 2.75) is 4.90 Å². The van der Waals surface area contributed by atoms with Crippen LogP contribution in [0.4, 0.5) is 20.3 Å². The summed E-state index contributed by atoms with van der Waals surface area (Å²) in [5, 5.41) is 10.5. The second-order valence-electron chi connectivity index (χ2n) is 6.87. The molecule has 0 spiro atoms. The zero-order chi connectivity index (χ0) is 22.3. The summed E-state index contributed by atoms with van der Waals surface area (Å²) in [6.45, 7) is 1.24. The van der Waals surface area contributed by atoms with Crippen molar-refractivity contribution in [1.82, 2.24) is 15.2 Å². The van der Waals surface area contributed by atoms with Gasteiger partial charge in [-0.05, 0) is 60.0 Å². The molecule has 0 atom stereocenters. The summed E-state index contributed by atoms with van der Waals surface area (Å²) in [6, 6.07) is 14.8. The lowest BCUT2D eigenvalue weighted by molar-refractivity contribution is 0.210. The van der Waals surface area contributed by atoms with Gasteiger partial charge in [-0.2, -0.15) is 5.10 Å². The predicted octanol–water partition coefficient (Wildman–Crippen LogP) is 5.59. The number of aromatic nitrogens is 3. The number of pyridine rings is 1. The molecule has 9 heteroatoms. The van der Waals surface area contributed by atoms with Crippen molar-refractivity contribution < 1.29 is 13.5 Å². The lowest BCUT2D eigenvalue weighted by atomic mass is 10.0. The van der Waals surface area contributed by atoms with Crippen molar-refractivity contribution >= 4 is 23.5 Å². The molecule has 164 valence electrons. The number of benzene rings is 2. The van der Waals surface area contributed by atoms with Gasteiger partial charge in [-0.3, -0.25) is 5.10 Å². The maximum absolute atomic E-state index is 13.9. The fraction of sp³-hybridized carbons (Fsp3) is 0.130. The molecular weight excluding hydrogens is 432 g/mol. The first-order valence-corrected chi connectivity index (χ1v) is 10.7. The van der Waals surface area contributed by atoms with Gasteiger partial charge in [0, 0.05) is 36.7 Å². The summed E-state index contributed by atoms with van der Waals surface area (Å²) in [6.07, 6.45) is 3.50. The zero-order valence-corrected chi connectivity index (χ0v) is 18.0. The molecule has 2 aromatic carbocycles. The molecule has 2 heterocycles. The average Bonchev–Trinajstić information content (AvgIpc) is 3.30. The van der Waals surface area contributed by atoms with Crippen LogP contribution < -0.4 is 10.0 Å².